The second kappa shape index (κ2) is 6.41. The Morgan fingerprint density at radius 1 is 1.28 bits per heavy atom. The Morgan fingerprint density at radius 2 is 2.00 bits per heavy atom. The van der Waals surface area contributed by atoms with Gasteiger partial charge in [-0.25, -0.2) is 0 Å². The van der Waals surface area contributed by atoms with Crippen molar-refractivity contribution in [3.8, 4) is 11.5 Å². The van der Waals surface area contributed by atoms with Crippen molar-refractivity contribution in [1.29, 1.82) is 0 Å². The summed E-state index contributed by atoms with van der Waals surface area (Å²) < 4.78 is 11.9. The molecule has 4 rings (SSSR count). The molecule has 3 atom stereocenters. The maximum Gasteiger partial charge on any atom is 0.169 e. The molecule has 1 saturated heterocycles. The minimum Gasteiger partial charge on any atom is -0.504 e. The highest BCUT2D eigenvalue weighted by atomic mass is 16.5. The SMILES string of the molecule is CC.COC1=CC=C2C(C)N(C)CCC23c2c(C)ccc(O)c2O[C@@H]13. The Labute approximate surface area is 150 Å². The molecule has 1 spiro atoms. The molecule has 136 valence electrons. The highest BCUT2D eigenvalue weighted by Crippen LogP contribution is 2.59. The van der Waals surface area contributed by atoms with Gasteiger partial charge in [-0.1, -0.05) is 26.0 Å². The minimum atomic E-state index is -0.232. The summed E-state index contributed by atoms with van der Waals surface area (Å²) in [5.74, 6) is 1.68. The van der Waals surface area contributed by atoms with E-state index in [0.717, 1.165) is 24.3 Å². The van der Waals surface area contributed by atoms with E-state index in [1.807, 2.05) is 26.0 Å². The predicted octanol–water partition coefficient (Wildman–Crippen LogP) is 3.92. The summed E-state index contributed by atoms with van der Waals surface area (Å²) >= 11 is 0. The van der Waals surface area contributed by atoms with Gasteiger partial charge < -0.3 is 14.6 Å². The molecule has 0 saturated carbocycles. The van der Waals surface area contributed by atoms with E-state index in [0.29, 0.717) is 11.8 Å². The van der Waals surface area contributed by atoms with Gasteiger partial charge in [-0.3, -0.25) is 4.90 Å². The fraction of sp³-hybridized carbons (Fsp3) is 0.524. The van der Waals surface area contributed by atoms with E-state index in [1.165, 1.54) is 11.1 Å². The van der Waals surface area contributed by atoms with E-state index in [-0.39, 0.29) is 17.3 Å². The second-order valence-corrected chi connectivity index (χ2v) is 6.88. The van der Waals surface area contributed by atoms with Gasteiger partial charge in [0.15, 0.2) is 17.6 Å². The molecule has 1 aromatic rings. The van der Waals surface area contributed by atoms with Gasteiger partial charge in [-0.15, -0.1) is 0 Å². The van der Waals surface area contributed by atoms with Gasteiger partial charge in [0.1, 0.15) is 5.76 Å². The van der Waals surface area contributed by atoms with Gasteiger partial charge in [-0.05, 0) is 57.1 Å². The number of fused-ring (bicyclic) bond motifs is 1. The number of rotatable bonds is 1. The van der Waals surface area contributed by atoms with Crippen LogP contribution < -0.4 is 4.74 Å². The van der Waals surface area contributed by atoms with Crippen LogP contribution in [0.4, 0.5) is 0 Å². The normalized spacial score (nSPS) is 29.8. The summed E-state index contributed by atoms with van der Waals surface area (Å²) in [6.45, 7) is 9.33. The number of phenols is 1. The molecule has 0 bridgehead atoms. The van der Waals surface area contributed by atoms with Crippen LogP contribution in [0.3, 0.4) is 0 Å². The van der Waals surface area contributed by atoms with Crippen LogP contribution in [0.25, 0.3) is 0 Å². The molecule has 2 unspecified atom stereocenters. The number of ether oxygens (including phenoxy) is 2. The van der Waals surface area contributed by atoms with Crippen LogP contribution in [0.2, 0.25) is 0 Å². The summed E-state index contributed by atoms with van der Waals surface area (Å²) in [6.07, 6.45) is 4.98. The van der Waals surface area contributed by atoms with Gasteiger partial charge in [0.05, 0.1) is 12.5 Å². The molecule has 4 heteroatoms. The summed E-state index contributed by atoms with van der Waals surface area (Å²) in [4.78, 5) is 2.37. The van der Waals surface area contributed by atoms with Crippen molar-refractivity contribution < 1.29 is 14.6 Å². The van der Waals surface area contributed by atoms with Crippen LogP contribution >= 0.6 is 0 Å². The molecule has 0 amide bonds. The third-order valence-corrected chi connectivity index (χ3v) is 5.88. The molecule has 1 fully saturated rings. The minimum absolute atomic E-state index is 0.189. The van der Waals surface area contributed by atoms with Crippen molar-refractivity contribution in [3.63, 3.8) is 0 Å². The van der Waals surface area contributed by atoms with Gasteiger partial charge in [0.25, 0.3) is 0 Å². The highest BCUT2D eigenvalue weighted by Gasteiger charge is 2.58. The highest BCUT2D eigenvalue weighted by molar-refractivity contribution is 5.64. The standard InChI is InChI=1S/C19H23NO3.C2H6/c1-11-5-7-14(21)17-16(11)19-9-10-20(3)12(2)13(19)6-8-15(22-4)18(19)23-17;1-2/h5-8,12,18,21H,9-10H2,1-4H3;1-2H3/t12?,18-,19?;/m0./s1. The maximum atomic E-state index is 10.4. The quantitative estimate of drug-likeness (QED) is 0.839. The van der Waals surface area contributed by atoms with Crippen molar-refractivity contribution in [2.75, 3.05) is 20.7 Å². The molecule has 25 heavy (non-hydrogen) atoms. The molecule has 1 N–H and O–H groups in total. The molecule has 1 aromatic carbocycles. The molecule has 1 aliphatic carbocycles. The Kier molecular flexibility index (Phi) is 4.58. The average Bonchev–Trinajstić information content (AvgIpc) is 2.99. The molecule has 0 aromatic heterocycles. The van der Waals surface area contributed by atoms with E-state index in [1.54, 1.807) is 13.2 Å². The number of likely N-dealkylation sites (tertiary alicyclic amines) is 1. The summed E-state index contributed by atoms with van der Waals surface area (Å²) in [6, 6.07) is 4.04. The topological polar surface area (TPSA) is 41.9 Å². The number of allylic oxidation sites excluding steroid dienone is 2. The number of aromatic hydroxyl groups is 1. The predicted molar refractivity (Wildman–Crippen MR) is 100 cm³/mol. The maximum absolute atomic E-state index is 10.4. The number of methoxy groups -OCH3 is 1. The first-order valence-corrected chi connectivity index (χ1v) is 9.17. The van der Waals surface area contributed by atoms with E-state index >= 15 is 0 Å². The van der Waals surface area contributed by atoms with Crippen LogP contribution in [0, 0.1) is 6.92 Å². The molecule has 2 aliphatic heterocycles. The lowest BCUT2D eigenvalue weighted by Gasteiger charge is -2.48. The summed E-state index contributed by atoms with van der Waals surface area (Å²) in [5, 5.41) is 10.4. The Hall–Kier alpha value is -1.94. The average molecular weight is 343 g/mol. The molecule has 0 radical (unpaired) electrons. The van der Waals surface area contributed by atoms with E-state index < -0.39 is 0 Å². The largest absolute Gasteiger partial charge is 0.504 e. The zero-order valence-electron chi connectivity index (χ0n) is 16.1. The Morgan fingerprint density at radius 3 is 2.68 bits per heavy atom. The number of hydrogen-bond acceptors (Lipinski definition) is 4. The number of nitrogens with zero attached hydrogens (tertiary/aromatic N) is 1. The monoisotopic (exact) mass is 343 g/mol. The number of aryl methyl sites for hydroxylation is 1. The molecular weight excluding hydrogens is 314 g/mol. The number of piperidine rings is 1. The summed E-state index contributed by atoms with van der Waals surface area (Å²) in [7, 11) is 3.85. The first kappa shape index (κ1) is 17.9. The molecule has 4 nitrogen and oxygen atoms in total. The zero-order valence-corrected chi connectivity index (χ0v) is 16.1. The van der Waals surface area contributed by atoms with Crippen LogP contribution in [0.1, 0.15) is 38.3 Å². The van der Waals surface area contributed by atoms with Crippen LogP contribution in [-0.4, -0.2) is 42.9 Å². The van der Waals surface area contributed by atoms with Gasteiger partial charge >= 0.3 is 0 Å². The number of likely N-dealkylation sites (N-methyl/N-ethyl adjacent to an activating group) is 1. The lowest BCUT2D eigenvalue weighted by atomic mass is 9.61. The number of hydrogen-bond donors (Lipinski definition) is 1. The van der Waals surface area contributed by atoms with E-state index in [2.05, 4.69) is 31.9 Å². The second-order valence-electron chi connectivity index (χ2n) is 6.88. The van der Waals surface area contributed by atoms with E-state index in [9.17, 15) is 5.11 Å². The van der Waals surface area contributed by atoms with Crippen LogP contribution in [-0.2, 0) is 10.2 Å². The van der Waals surface area contributed by atoms with Gasteiger partial charge in [-0.2, -0.15) is 0 Å². The van der Waals surface area contributed by atoms with Crippen LogP contribution in [0.15, 0.2) is 35.6 Å². The molecule has 2 heterocycles. The van der Waals surface area contributed by atoms with Crippen LogP contribution in [0.5, 0.6) is 11.5 Å². The first-order valence-electron chi connectivity index (χ1n) is 9.17. The van der Waals surface area contributed by atoms with Gasteiger partial charge in [0.2, 0.25) is 0 Å². The number of phenolic OH excluding ortho intramolecular Hbond substituents is 1. The molecule has 3 aliphatic rings. The molecular formula is C21H29NO3. The van der Waals surface area contributed by atoms with Gasteiger partial charge in [0, 0.05) is 11.6 Å². The lowest BCUT2D eigenvalue weighted by Crippen LogP contribution is -2.54. The van der Waals surface area contributed by atoms with Crippen molar-refractivity contribution in [3.05, 3.63) is 46.7 Å². The zero-order chi connectivity index (χ0) is 18.4. The third kappa shape index (κ3) is 2.30. The van der Waals surface area contributed by atoms with Crippen molar-refractivity contribution in [2.45, 2.75) is 51.7 Å². The Balaban J connectivity index is 0.000000880. The van der Waals surface area contributed by atoms with Crippen molar-refractivity contribution in [2.24, 2.45) is 0 Å². The van der Waals surface area contributed by atoms with Crippen molar-refractivity contribution >= 4 is 0 Å². The Bertz CT molecular complexity index is 737. The third-order valence-electron chi connectivity index (χ3n) is 5.88. The summed E-state index contributed by atoms with van der Waals surface area (Å²) in [5.41, 5.74) is 3.42. The fourth-order valence-corrected chi connectivity index (χ4v) is 4.57. The first-order chi connectivity index (χ1) is 12.0. The lowest BCUT2D eigenvalue weighted by molar-refractivity contribution is 0.0807. The van der Waals surface area contributed by atoms with E-state index in [4.69, 9.17) is 9.47 Å². The smallest absolute Gasteiger partial charge is 0.169 e. The fourth-order valence-electron chi connectivity index (χ4n) is 4.57. The van der Waals surface area contributed by atoms with Crippen molar-refractivity contribution in [1.82, 2.24) is 4.90 Å². The number of benzene rings is 1.